The predicted molar refractivity (Wildman–Crippen MR) is 136 cm³/mol. The number of rotatable bonds is 7. The van der Waals surface area contributed by atoms with Crippen molar-refractivity contribution in [2.24, 2.45) is 0 Å². The minimum absolute atomic E-state index is 0.0463. The normalized spacial score (nSPS) is 11.3. The number of para-hydroxylation sites is 1. The van der Waals surface area contributed by atoms with Crippen LogP contribution in [0.1, 0.15) is 46.2 Å². The van der Waals surface area contributed by atoms with Crippen molar-refractivity contribution in [1.29, 1.82) is 0 Å². The lowest BCUT2D eigenvalue weighted by atomic mass is 10.1. The van der Waals surface area contributed by atoms with Crippen molar-refractivity contribution in [2.45, 2.75) is 52.7 Å². The molecule has 0 amide bonds. The van der Waals surface area contributed by atoms with Gasteiger partial charge in [0.15, 0.2) is 10.9 Å². The minimum atomic E-state index is -0.122. The number of benzene rings is 2. The molecule has 0 unspecified atom stereocenters. The number of nitrogens with zero attached hydrogens (tertiary/aromatic N) is 3. The summed E-state index contributed by atoms with van der Waals surface area (Å²) in [5.74, 6) is 0.261. The van der Waals surface area contributed by atoms with Crippen LogP contribution < -0.4 is 5.56 Å². The van der Waals surface area contributed by atoms with Gasteiger partial charge in [0.05, 0.1) is 22.3 Å². The van der Waals surface area contributed by atoms with Gasteiger partial charge in [0.1, 0.15) is 0 Å². The lowest BCUT2D eigenvalue weighted by molar-refractivity contribution is 0.102. The zero-order valence-electron chi connectivity index (χ0n) is 19.8. The molecule has 0 saturated heterocycles. The second-order valence-electron chi connectivity index (χ2n) is 8.49. The SMILES string of the molecule is CCCn1c(C)cc(C(=O)CSc2nc3ccccc3c(=O)n2-c2ccc(C)cc2C)c1C. The first-order valence-electron chi connectivity index (χ1n) is 11.2. The van der Waals surface area contributed by atoms with Crippen LogP contribution in [0.5, 0.6) is 0 Å². The molecule has 0 aliphatic heterocycles. The Morgan fingerprint density at radius 3 is 2.52 bits per heavy atom. The predicted octanol–water partition coefficient (Wildman–Crippen LogP) is 5.81. The largest absolute Gasteiger partial charge is 0.348 e. The summed E-state index contributed by atoms with van der Waals surface area (Å²) in [5, 5.41) is 1.10. The fraction of sp³-hybridized carbons (Fsp3) is 0.296. The Morgan fingerprint density at radius 1 is 1.03 bits per heavy atom. The Hall–Kier alpha value is -3.12. The van der Waals surface area contributed by atoms with E-state index in [4.69, 9.17) is 4.98 Å². The van der Waals surface area contributed by atoms with Gasteiger partial charge in [-0.05, 0) is 63.9 Å². The Labute approximate surface area is 198 Å². The van der Waals surface area contributed by atoms with E-state index in [9.17, 15) is 9.59 Å². The molecule has 0 radical (unpaired) electrons. The third kappa shape index (κ3) is 4.40. The third-order valence-corrected chi connectivity index (χ3v) is 6.93. The molecular formula is C27H29N3O2S. The van der Waals surface area contributed by atoms with Crippen LogP contribution in [-0.4, -0.2) is 25.7 Å². The zero-order chi connectivity index (χ0) is 23.7. The molecule has 0 aliphatic rings. The molecule has 5 nitrogen and oxygen atoms in total. The number of fused-ring (bicyclic) bond motifs is 1. The van der Waals surface area contributed by atoms with Crippen molar-refractivity contribution in [3.8, 4) is 5.69 Å². The van der Waals surface area contributed by atoms with Crippen LogP contribution in [0, 0.1) is 27.7 Å². The van der Waals surface area contributed by atoms with Crippen molar-refractivity contribution in [3.05, 3.63) is 87.0 Å². The monoisotopic (exact) mass is 459 g/mol. The number of ketones is 1. The number of hydrogen-bond acceptors (Lipinski definition) is 4. The fourth-order valence-electron chi connectivity index (χ4n) is 4.34. The summed E-state index contributed by atoms with van der Waals surface area (Å²) in [4.78, 5) is 31.4. The van der Waals surface area contributed by atoms with E-state index in [2.05, 4.69) is 17.6 Å². The van der Waals surface area contributed by atoms with Crippen LogP contribution in [-0.2, 0) is 6.54 Å². The standard InChI is InChI=1S/C27H29N3O2S/c1-6-13-29-19(4)15-22(20(29)5)25(31)16-33-27-28-23-10-8-7-9-21(23)26(32)30(27)24-12-11-17(2)14-18(24)3/h7-12,14-15H,6,13,16H2,1-5H3. The van der Waals surface area contributed by atoms with Crippen LogP contribution in [0.25, 0.3) is 16.6 Å². The second-order valence-corrected chi connectivity index (χ2v) is 9.43. The summed E-state index contributed by atoms with van der Waals surface area (Å²) in [7, 11) is 0. The topological polar surface area (TPSA) is 56.9 Å². The van der Waals surface area contributed by atoms with Crippen molar-refractivity contribution in [2.75, 3.05) is 5.75 Å². The summed E-state index contributed by atoms with van der Waals surface area (Å²) in [5.41, 5.74) is 6.27. The van der Waals surface area contributed by atoms with Crippen LogP contribution in [0.2, 0.25) is 0 Å². The van der Waals surface area contributed by atoms with E-state index in [1.54, 1.807) is 10.6 Å². The molecule has 0 atom stereocenters. The Kier molecular flexibility index (Phi) is 6.56. The molecule has 6 heteroatoms. The van der Waals surface area contributed by atoms with Crippen LogP contribution in [0.15, 0.2) is 58.5 Å². The number of Topliss-reactive ketones (excluding diaryl/α,β-unsaturated/α-hetero) is 1. The van der Waals surface area contributed by atoms with E-state index in [1.165, 1.54) is 11.8 Å². The van der Waals surface area contributed by atoms with Crippen molar-refractivity contribution in [3.63, 3.8) is 0 Å². The number of hydrogen-bond donors (Lipinski definition) is 0. The summed E-state index contributed by atoms with van der Waals surface area (Å²) >= 11 is 1.32. The molecule has 2 aromatic carbocycles. The van der Waals surface area contributed by atoms with E-state index >= 15 is 0 Å². The highest BCUT2D eigenvalue weighted by atomic mass is 32.2. The smallest absolute Gasteiger partial charge is 0.266 e. The summed E-state index contributed by atoms with van der Waals surface area (Å²) in [6.07, 6.45) is 1.02. The molecule has 0 bridgehead atoms. The summed E-state index contributed by atoms with van der Waals surface area (Å²) < 4.78 is 3.84. The Balaban J connectivity index is 1.75. The van der Waals surface area contributed by atoms with Gasteiger partial charge in [-0.25, -0.2) is 4.98 Å². The highest BCUT2D eigenvalue weighted by molar-refractivity contribution is 7.99. The van der Waals surface area contributed by atoms with Gasteiger partial charge in [0.25, 0.3) is 5.56 Å². The molecule has 0 saturated carbocycles. The fourth-order valence-corrected chi connectivity index (χ4v) is 5.23. The molecule has 4 aromatic rings. The molecule has 0 aliphatic carbocycles. The highest BCUT2D eigenvalue weighted by Crippen LogP contribution is 2.25. The van der Waals surface area contributed by atoms with Gasteiger partial charge in [-0.15, -0.1) is 0 Å². The number of thioether (sulfide) groups is 1. The van der Waals surface area contributed by atoms with E-state index in [1.807, 2.05) is 64.1 Å². The van der Waals surface area contributed by atoms with Gasteiger partial charge >= 0.3 is 0 Å². The van der Waals surface area contributed by atoms with Crippen LogP contribution in [0.4, 0.5) is 0 Å². The lowest BCUT2D eigenvalue weighted by Gasteiger charge is -2.15. The molecule has 4 rings (SSSR count). The molecule has 33 heavy (non-hydrogen) atoms. The van der Waals surface area contributed by atoms with Gasteiger partial charge in [-0.2, -0.15) is 0 Å². The maximum atomic E-state index is 13.5. The first-order valence-corrected chi connectivity index (χ1v) is 12.2. The minimum Gasteiger partial charge on any atom is -0.348 e. The molecular weight excluding hydrogens is 430 g/mol. The van der Waals surface area contributed by atoms with E-state index < -0.39 is 0 Å². The Bertz CT molecular complexity index is 1420. The number of carbonyl (C=O) groups is 1. The van der Waals surface area contributed by atoms with Crippen molar-refractivity contribution < 1.29 is 4.79 Å². The summed E-state index contributed by atoms with van der Waals surface area (Å²) in [6.45, 7) is 11.1. The van der Waals surface area contributed by atoms with E-state index in [0.717, 1.165) is 46.7 Å². The number of aromatic nitrogens is 3. The number of carbonyl (C=O) groups excluding carboxylic acids is 1. The van der Waals surface area contributed by atoms with Gasteiger partial charge in [-0.3, -0.25) is 14.2 Å². The molecule has 0 spiro atoms. The average Bonchev–Trinajstić information content (AvgIpc) is 3.07. The van der Waals surface area contributed by atoms with Gasteiger partial charge in [-0.1, -0.05) is 48.5 Å². The van der Waals surface area contributed by atoms with Gasteiger partial charge < -0.3 is 4.57 Å². The molecule has 2 heterocycles. The number of aryl methyl sites for hydroxylation is 3. The maximum Gasteiger partial charge on any atom is 0.266 e. The highest BCUT2D eigenvalue weighted by Gasteiger charge is 2.19. The van der Waals surface area contributed by atoms with E-state index in [0.29, 0.717) is 16.1 Å². The second kappa shape index (κ2) is 9.40. The zero-order valence-corrected chi connectivity index (χ0v) is 20.6. The third-order valence-electron chi connectivity index (χ3n) is 5.99. The lowest BCUT2D eigenvalue weighted by Crippen LogP contribution is -2.23. The summed E-state index contributed by atoms with van der Waals surface area (Å²) in [6, 6.07) is 15.3. The van der Waals surface area contributed by atoms with Crippen LogP contribution >= 0.6 is 11.8 Å². The average molecular weight is 460 g/mol. The molecule has 2 aromatic heterocycles. The van der Waals surface area contributed by atoms with E-state index in [-0.39, 0.29) is 17.1 Å². The Morgan fingerprint density at radius 2 is 1.79 bits per heavy atom. The molecule has 0 fully saturated rings. The first-order chi connectivity index (χ1) is 15.8. The van der Waals surface area contributed by atoms with Crippen molar-refractivity contribution >= 4 is 28.4 Å². The maximum absolute atomic E-state index is 13.5. The molecule has 170 valence electrons. The quantitative estimate of drug-likeness (QED) is 0.199. The van der Waals surface area contributed by atoms with Gasteiger partial charge in [0.2, 0.25) is 0 Å². The van der Waals surface area contributed by atoms with Crippen LogP contribution in [0.3, 0.4) is 0 Å². The van der Waals surface area contributed by atoms with Crippen molar-refractivity contribution in [1.82, 2.24) is 14.1 Å². The first kappa shape index (κ1) is 23.1. The molecule has 0 N–H and O–H groups in total. The van der Waals surface area contributed by atoms with Gasteiger partial charge in [0, 0.05) is 23.5 Å².